The van der Waals surface area contributed by atoms with E-state index in [-0.39, 0.29) is 11.6 Å². The lowest BCUT2D eigenvalue weighted by Crippen LogP contribution is -2.38. The molecular formula is C15H18N2O3. The Labute approximate surface area is 117 Å². The molecule has 0 radical (unpaired) electrons. The molecule has 0 saturated carbocycles. The molecule has 5 heteroatoms. The number of amides is 2. The molecule has 1 heterocycles. The summed E-state index contributed by atoms with van der Waals surface area (Å²) in [6.45, 7) is 4.93. The first kappa shape index (κ1) is 14.1. The van der Waals surface area contributed by atoms with Crippen LogP contribution in [-0.4, -0.2) is 35.1 Å². The zero-order valence-electron chi connectivity index (χ0n) is 11.6. The van der Waals surface area contributed by atoms with Crippen LogP contribution in [-0.2, 0) is 0 Å². The topological polar surface area (TPSA) is 69.6 Å². The normalized spacial score (nSPS) is 14.7. The van der Waals surface area contributed by atoms with Gasteiger partial charge < -0.3 is 15.3 Å². The molecule has 0 aromatic heterocycles. The lowest BCUT2D eigenvalue weighted by molar-refractivity contribution is 0.0697. The van der Waals surface area contributed by atoms with Crippen molar-refractivity contribution in [2.45, 2.75) is 20.3 Å². The zero-order valence-corrected chi connectivity index (χ0v) is 11.6. The summed E-state index contributed by atoms with van der Waals surface area (Å²) < 4.78 is 0. The predicted octanol–water partition coefficient (Wildman–Crippen LogP) is 2.88. The third-order valence-corrected chi connectivity index (χ3v) is 3.35. The maximum atomic E-state index is 12.2. The van der Waals surface area contributed by atoms with Crippen molar-refractivity contribution < 1.29 is 14.7 Å². The van der Waals surface area contributed by atoms with Crippen LogP contribution in [0.3, 0.4) is 0 Å². The van der Waals surface area contributed by atoms with Crippen LogP contribution in [0.2, 0.25) is 0 Å². The first-order valence-electron chi connectivity index (χ1n) is 6.53. The number of aromatic carboxylic acids is 1. The predicted molar refractivity (Wildman–Crippen MR) is 77.1 cm³/mol. The van der Waals surface area contributed by atoms with E-state index in [0.717, 1.165) is 12.0 Å². The molecule has 0 saturated heterocycles. The summed E-state index contributed by atoms with van der Waals surface area (Å²) in [5.41, 5.74) is 2.26. The molecule has 1 aromatic rings. The second-order valence-electron chi connectivity index (χ2n) is 4.99. The van der Waals surface area contributed by atoms with Crippen molar-refractivity contribution in [1.82, 2.24) is 4.90 Å². The summed E-state index contributed by atoms with van der Waals surface area (Å²) in [6.07, 6.45) is 2.94. The Morgan fingerprint density at radius 3 is 2.70 bits per heavy atom. The van der Waals surface area contributed by atoms with Crippen LogP contribution in [0.1, 0.15) is 29.3 Å². The molecule has 20 heavy (non-hydrogen) atoms. The lowest BCUT2D eigenvalue weighted by atomic mass is 10.1. The van der Waals surface area contributed by atoms with E-state index in [1.54, 1.807) is 30.0 Å². The van der Waals surface area contributed by atoms with Gasteiger partial charge >= 0.3 is 12.0 Å². The highest BCUT2D eigenvalue weighted by Gasteiger charge is 2.19. The van der Waals surface area contributed by atoms with Gasteiger partial charge in [0.25, 0.3) is 0 Å². The van der Waals surface area contributed by atoms with Gasteiger partial charge in [-0.15, -0.1) is 0 Å². The van der Waals surface area contributed by atoms with E-state index in [1.807, 2.05) is 6.92 Å². The molecule has 1 aromatic carbocycles. The third kappa shape index (κ3) is 2.99. The van der Waals surface area contributed by atoms with Crippen LogP contribution in [0.5, 0.6) is 0 Å². The van der Waals surface area contributed by atoms with Gasteiger partial charge in [0, 0.05) is 13.1 Å². The van der Waals surface area contributed by atoms with Gasteiger partial charge in [-0.05, 0) is 31.9 Å². The van der Waals surface area contributed by atoms with Gasteiger partial charge in [0.1, 0.15) is 0 Å². The highest BCUT2D eigenvalue weighted by molar-refractivity contribution is 6.01. The molecule has 0 fully saturated rings. The number of hydrogen-bond donors (Lipinski definition) is 2. The number of benzene rings is 1. The van der Waals surface area contributed by atoms with Crippen molar-refractivity contribution in [2.24, 2.45) is 0 Å². The summed E-state index contributed by atoms with van der Waals surface area (Å²) in [4.78, 5) is 25.2. The van der Waals surface area contributed by atoms with E-state index in [9.17, 15) is 14.7 Å². The molecule has 5 nitrogen and oxygen atoms in total. The van der Waals surface area contributed by atoms with Gasteiger partial charge in [-0.25, -0.2) is 9.59 Å². The molecule has 2 rings (SSSR count). The average molecular weight is 274 g/mol. The van der Waals surface area contributed by atoms with Crippen molar-refractivity contribution >= 4 is 17.7 Å². The van der Waals surface area contributed by atoms with E-state index >= 15 is 0 Å². The second-order valence-corrected chi connectivity index (χ2v) is 4.99. The molecule has 0 aliphatic carbocycles. The number of hydrogen-bond acceptors (Lipinski definition) is 2. The SMILES string of the molecule is CC1=CCCN(C(=O)Nc2cccc(C)c2C(=O)O)C1. The number of urea groups is 1. The summed E-state index contributed by atoms with van der Waals surface area (Å²) >= 11 is 0. The first-order valence-corrected chi connectivity index (χ1v) is 6.53. The number of carbonyl (C=O) groups excluding carboxylic acids is 1. The van der Waals surface area contributed by atoms with Gasteiger partial charge in [-0.1, -0.05) is 23.8 Å². The van der Waals surface area contributed by atoms with Crippen molar-refractivity contribution in [3.8, 4) is 0 Å². The summed E-state index contributed by atoms with van der Waals surface area (Å²) in [5, 5.41) is 11.9. The molecule has 2 N–H and O–H groups in total. The molecule has 0 unspecified atom stereocenters. The number of rotatable bonds is 2. The quantitative estimate of drug-likeness (QED) is 0.815. The largest absolute Gasteiger partial charge is 0.478 e. The molecule has 1 aliphatic heterocycles. The van der Waals surface area contributed by atoms with Crippen molar-refractivity contribution in [1.29, 1.82) is 0 Å². The van der Waals surface area contributed by atoms with E-state index in [1.165, 1.54) is 0 Å². The van der Waals surface area contributed by atoms with Gasteiger partial charge in [-0.3, -0.25) is 0 Å². The zero-order chi connectivity index (χ0) is 14.7. The average Bonchev–Trinajstić information content (AvgIpc) is 2.38. The molecule has 0 bridgehead atoms. The summed E-state index contributed by atoms with van der Waals surface area (Å²) in [7, 11) is 0. The number of carboxylic acid groups (broad SMARTS) is 1. The molecular weight excluding hydrogens is 256 g/mol. The lowest BCUT2D eigenvalue weighted by Gasteiger charge is -2.26. The second kappa shape index (κ2) is 5.77. The fraction of sp³-hybridized carbons (Fsp3) is 0.333. The molecule has 1 aliphatic rings. The maximum absolute atomic E-state index is 12.2. The van der Waals surface area contributed by atoms with Gasteiger partial charge in [0.15, 0.2) is 0 Å². The van der Waals surface area contributed by atoms with Crippen LogP contribution in [0.15, 0.2) is 29.8 Å². The number of nitrogens with zero attached hydrogens (tertiary/aromatic N) is 1. The maximum Gasteiger partial charge on any atom is 0.338 e. The molecule has 106 valence electrons. The van der Waals surface area contributed by atoms with Crippen LogP contribution >= 0.6 is 0 Å². The van der Waals surface area contributed by atoms with Crippen LogP contribution in [0.4, 0.5) is 10.5 Å². The van der Waals surface area contributed by atoms with E-state index in [2.05, 4.69) is 11.4 Å². The third-order valence-electron chi connectivity index (χ3n) is 3.35. The fourth-order valence-electron chi connectivity index (χ4n) is 2.33. The van der Waals surface area contributed by atoms with Gasteiger partial charge in [-0.2, -0.15) is 0 Å². The number of nitrogens with one attached hydrogen (secondary N) is 1. The Balaban J connectivity index is 2.18. The smallest absolute Gasteiger partial charge is 0.338 e. The Bertz CT molecular complexity index is 578. The monoisotopic (exact) mass is 274 g/mol. The standard InChI is InChI=1S/C15H18N2O3/c1-10-5-4-8-17(9-10)15(20)16-12-7-3-6-11(2)13(12)14(18)19/h3,5-7H,4,8-9H2,1-2H3,(H,16,20)(H,18,19). The van der Waals surface area contributed by atoms with Crippen LogP contribution in [0, 0.1) is 6.92 Å². The van der Waals surface area contributed by atoms with Gasteiger partial charge in [0.05, 0.1) is 11.3 Å². The minimum Gasteiger partial charge on any atom is -0.478 e. The Morgan fingerprint density at radius 2 is 2.05 bits per heavy atom. The highest BCUT2D eigenvalue weighted by atomic mass is 16.4. The van der Waals surface area contributed by atoms with Gasteiger partial charge in [0.2, 0.25) is 0 Å². The number of carbonyl (C=O) groups is 2. The van der Waals surface area contributed by atoms with E-state index < -0.39 is 5.97 Å². The summed E-state index contributed by atoms with van der Waals surface area (Å²) in [5.74, 6) is -1.03. The van der Waals surface area contributed by atoms with Crippen molar-refractivity contribution in [2.75, 3.05) is 18.4 Å². The molecule has 2 amide bonds. The number of anilines is 1. The highest BCUT2D eigenvalue weighted by Crippen LogP contribution is 2.20. The summed E-state index contributed by atoms with van der Waals surface area (Å²) in [6, 6.07) is 4.80. The van der Waals surface area contributed by atoms with E-state index in [4.69, 9.17) is 0 Å². The number of aryl methyl sites for hydroxylation is 1. The fourth-order valence-corrected chi connectivity index (χ4v) is 2.33. The van der Waals surface area contributed by atoms with Crippen molar-refractivity contribution in [3.63, 3.8) is 0 Å². The minimum absolute atomic E-state index is 0.144. The Hall–Kier alpha value is -2.30. The first-order chi connectivity index (χ1) is 9.49. The Morgan fingerprint density at radius 1 is 1.30 bits per heavy atom. The van der Waals surface area contributed by atoms with E-state index in [0.29, 0.717) is 24.3 Å². The Kier molecular flexibility index (Phi) is 4.08. The number of carboxylic acids is 1. The molecule has 0 spiro atoms. The molecule has 0 atom stereocenters. The van der Waals surface area contributed by atoms with Crippen LogP contribution < -0.4 is 5.32 Å². The van der Waals surface area contributed by atoms with Crippen molar-refractivity contribution in [3.05, 3.63) is 41.0 Å². The van der Waals surface area contributed by atoms with Crippen LogP contribution in [0.25, 0.3) is 0 Å². The minimum atomic E-state index is -1.03.